The van der Waals surface area contributed by atoms with Crippen LogP contribution in [0.3, 0.4) is 0 Å². The van der Waals surface area contributed by atoms with E-state index < -0.39 is 33.1 Å². The van der Waals surface area contributed by atoms with E-state index in [0.29, 0.717) is 0 Å². The van der Waals surface area contributed by atoms with Gasteiger partial charge in [-0.2, -0.15) is 4.31 Å². The van der Waals surface area contributed by atoms with Crippen LogP contribution in [0.1, 0.15) is 13.8 Å². The number of sulfonamides is 1. The number of carbonyl (C=O) groups is 1. The van der Waals surface area contributed by atoms with Crippen molar-refractivity contribution in [2.24, 2.45) is 5.73 Å². The minimum Gasteiger partial charge on any atom is -0.477 e. The molecule has 25 heavy (non-hydrogen) atoms. The highest BCUT2D eigenvalue weighted by molar-refractivity contribution is 7.89. The zero-order valence-corrected chi connectivity index (χ0v) is 14.9. The van der Waals surface area contributed by atoms with Crippen LogP contribution in [0, 0.1) is 10.1 Å². The number of benzene rings is 1. The van der Waals surface area contributed by atoms with Gasteiger partial charge in [0.1, 0.15) is 0 Å². The number of nitro benzene ring substituents is 1. The quantitative estimate of drug-likeness (QED) is 0.436. The van der Waals surface area contributed by atoms with E-state index in [2.05, 4.69) is 5.32 Å². The molecule has 0 atom stereocenters. The molecule has 3 N–H and O–H groups in total. The molecule has 0 aliphatic heterocycles. The zero-order valence-electron chi connectivity index (χ0n) is 14.1. The van der Waals surface area contributed by atoms with E-state index >= 15 is 0 Å². The lowest BCUT2D eigenvalue weighted by atomic mass is 10.3. The molecule has 0 fully saturated rings. The molecule has 0 spiro atoms. The molecule has 0 saturated heterocycles. The summed E-state index contributed by atoms with van der Waals surface area (Å²) in [5.41, 5.74) is 4.72. The fourth-order valence-electron chi connectivity index (χ4n) is 2.04. The van der Waals surface area contributed by atoms with Crippen molar-refractivity contribution in [2.45, 2.75) is 18.7 Å². The Morgan fingerprint density at radius 1 is 1.36 bits per heavy atom. The molecule has 1 rings (SSSR count). The first-order valence-corrected chi connectivity index (χ1v) is 9.10. The highest BCUT2D eigenvalue weighted by Crippen LogP contribution is 2.30. The van der Waals surface area contributed by atoms with Gasteiger partial charge in [0.2, 0.25) is 10.0 Å². The van der Waals surface area contributed by atoms with Gasteiger partial charge in [0.05, 0.1) is 9.82 Å². The molecule has 0 aliphatic carbocycles. The number of carbonyl (C=O) groups excluding carboxylic acids is 1. The van der Waals surface area contributed by atoms with Crippen molar-refractivity contribution in [1.29, 1.82) is 0 Å². The predicted molar refractivity (Wildman–Crippen MR) is 90.8 cm³/mol. The van der Waals surface area contributed by atoms with E-state index in [1.54, 1.807) is 13.8 Å². The maximum atomic E-state index is 12.5. The van der Waals surface area contributed by atoms with Crippen LogP contribution in [0.15, 0.2) is 23.1 Å². The maximum absolute atomic E-state index is 12.5. The number of rotatable bonds is 10. The van der Waals surface area contributed by atoms with Crippen molar-refractivity contribution in [3.05, 3.63) is 28.3 Å². The summed E-state index contributed by atoms with van der Waals surface area (Å²) in [5, 5.41) is 13.7. The maximum Gasteiger partial charge on any atom is 0.312 e. The zero-order chi connectivity index (χ0) is 19.0. The van der Waals surface area contributed by atoms with Crippen molar-refractivity contribution in [3.63, 3.8) is 0 Å². The number of amides is 1. The second-order valence-corrected chi connectivity index (χ2v) is 6.84. The summed E-state index contributed by atoms with van der Waals surface area (Å²) in [6.45, 7) is 3.90. The van der Waals surface area contributed by atoms with Crippen LogP contribution in [0.25, 0.3) is 0 Å². The lowest BCUT2D eigenvalue weighted by Crippen LogP contribution is -2.33. The second-order valence-electron chi connectivity index (χ2n) is 4.90. The number of nitrogens with one attached hydrogen (secondary N) is 1. The van der Waals surface area contributed by atoms with E-state index in [9.17, 15) is 23.3 Å². The van der Waals surface area contributed by atoms with Gasteiger partial charge in [0.15, 0.2) is 12.4 Å². The lowest BCUT2D eigenvalue weighted by Gasteiger charge is -2.18. The smallest absolute Gasteiger partial charge is 0.312 e. The first kappa shape index (κ1) is 20.8. The molecule has 0 aliphatic rings. The van der Waals surface area contributed by atoms with Gasteiger partial charge in [-0.3, -0.25) is 14.9 Å². The van der Waals surface area contributed by atoms with Gasteiger partial charge in [-0.1, -0.05) is 13.8 Å². The number of nitrogens with zero attached hydrogens (tertiary/aromatic N) is 2. The molecule has 0 aromatic heterocycles. The van der Waals surface area contributed by atoms with Crippen LogP contribution in [0.4, 0.5) is 5.69 Å². The van der Waals surface area contributed by atoms with Gasteiger partial charge in [-0.25, -0.2) is 8.42 Å². The molecule has 1 aromatic carbocycles. The fourth-order valence-corrected chi connectivity index (χ4v) is 3.52. The van der Waals surface area contributed by atoms with Gasteiger partial charge in [0.25, 0.3) is 5.91 Å². The van der Waals surface area contributed by atoms with E-state index in [-0.39, 0.29) is 36.8 Å². The molecular weight excluding hydrogens is 352 g/mol. The predicted octanol–water partition coefficient (Wildman–Crippen LogP) is 0.0790. The molecule has 11 heteroatoms. The summed E-state index contributed by atoms with van der Waals surface area (Å²) in [6.07, 6.45) is 0. The van der Waals surface area contributed by atoms with E-state index in [0.717, 1.165) is 6.07 Å². The van der Waals surface area contributed by atoms with Crippen LogP contribution >= 0.6 is 0 Å². The van der Waals surface area contributed by atoms with E-state index in [1.165, 1.54) is 16.4 Å². The van der Waals surface area contributed by atoms with Crippen LogP contribution in [0.5, 0.6) is 5.75 Å². The van der Waals surface area contributed by atoms with Gasteiger partial charge in [0, 0.05) is 32.2 Å². The minimum atomic E-state index is -3.84. The van der Waals surface area contributed by atoms with E-state index in [4.69, 9.17) is 10.5 Å². The second kappa shape index (κ2) is 9.30. The van der Waals surface area contributed by atoms with E-state index in [1.807, 2.05) is 0 Å². The Balaban J connectivity index is 3.08. The van der Waals surface area contributed by atoms with Crippen molar-refractivity contribution >= 4 is 21.6 Å². The molecule has 1 amide bonds. The highest BCUT2D eigenvalue weighted by Gasteiger charge is 2.26. The largest absolute Gasteiger partial charge is 0.477 e. The average molecular weight is 374 g/mol. The number of hydrogen-bond donors (Lipinski definition) is 2. The molecule has 0 heterocycles. The van der Waals surface area contributed by atoms with Crippen molar-refractivity contribution in [3.8, 4) is 5.75 Å². The van der Waals surface area contributed by atoms with Crippen molar-refractivity contribution in [1.82, 2.24) is 9.62 Å². The molecule has 1 aromatic rings. The first-order chi connectivity index (χ1) is 11.8. The summed E-state index contributed by atoms with van der Waals surface area (Å²) < 4.78 is 31.2. The Labute approximate surface area is 146 Å². The van der Waals surface area contributed by atoms with Crippen LogP contribution in [0.2, 0.25) is 0 Å². The van der Waals surface area contributed by atoms with Gasteiger partial charge in [-0.05, 0) is 12.1 Å². The van der Waals surface area contributed by atoms with Gasteiger partial charge in [-0.15, -0.1) is 0 Å². The Morgan fingerprint density at radius 2 is 2.00 bits per heavy atom. The molecule has 0 radical (unpaired) electrons. The molecule has 10 nitrogen and oxygen atoms in total. The average Bonchev–Trinajstić information content (AvgIpc) is 2.58. The molecule has 0 saturated carbocycles. The summed E-state index contributed by atoms with van der Waals surface area (Å²) in [6, 6.07) is 3.32. The Hall–Kier alpha value is -2.24. The lowest BCUT2D eigenvalue weighted by molar-refractivity contribution is -0.386. The van der Waals surface area contributed by atoms with Crippen LogP contribution < -0.4 is 15.8 Å². The number of nitro groups is 1. The molecule has 0 bridgehead atoms. The Bertz CT molecular complexity index is 718. The normalized spacial score (nSPS) is 11.4. The summed E-state index contributed by atoms with van der Waals surface area (Å²) >= 11 is 0. The topological polar surface area (TPSA) is 145 Å². The van der Waals surface area contributed by atoms with Crippen molar-refractivity contribution < 1.29 is 22.9 Å². The highest BCUT2D eigenvalue weighted by atomic mass is 32.2. The monoisotopic (exact) mass is 374 g/mol. The van der Waals surface area contributed by atoms with Crippen LogP contribution in [-0.4, -0.2) is 56.3 Å². The summed E-state index contributed by atoms with van der Waals surface area (Å²) in [5.74, 6) is -0.675. The third-order valence-corrected chi connectivity index (χ3v) is 5.34. The van der Waals surface area contributed by atoms with Crippen molar-refractivity contribution in [2.75, 3.05) is 32.8 Å². The van der Waals surface area contributed by atoms with Crippen LogP contribution in [-0.2, 0) is 14.8 Å². The summed E-state index contributed by atoms with van der Waals surface area (Å²) in [7, 11) is -3.84. The molecule has 140 valence electrons. The minimum absolute atomic E-state index is 0.189. The Kier molecular flexibility index (Phi) is 7.74. The Morgan fingerprint density at radius 3 is 2.52 bits per heavy atom. The number of nitrogens with two attached hydrogens (primary N) is 1. The standard InChI is InChI=1S/C14H22N4O6S/c1-3-17(4-2)25(22,23)11-5-6-13(12(9-11)18(20)21)24-10-14(19)16-8-7-15/h5-6,9H,3-4,7-8,10,15H2,1-2H3,(H,16,19). The van der Waals surface area contributed by atoms with Gasteiger partial charge >= 0.3 is 5.69 Å². The SMILES string of the molecule is CCN(CC)S(=O)(=O)c1ccc(OCC(=O)NCCN)c([N+](=O)[O-])c1. The first-order valence-electron chi connectivity index (χ1n) is 7.66. The summed E-state index contributed by atoms with van der Waals surface area (Å²) in [4.78, 5) is 21.8. The third-order valence-electron chi connectivity index (χ3n) is 3.30. The number of ether oxygens (including phenoxy) is 1. The fraction of sp³-hybridized carbons (Fsp3) is 0.500. The molecule has 0 unspecified atom stereocenters. The molecular formula is C14H22N4O6S. The number of hydrogen-bond acceptors (Lipinski definition) is 7. The third kappa shape index (κ3) is 5.37. The van der Waals surface area contributed by atoms with Gasteiger partial charge < -0.3 is 15.8 Å².